The number of nitrogens with one attached hydrogen (secondary N) is 1. The molecule has 3 rings (SSSR count). The summed E-state index contributed by atoms with van der Waals surface area (Å²) in [7, 11) is 0. The Morgan fingerprint density at radius 1 is 1.30 bits per heavy atom. The van der Waals surface area contributed by atoms with E-state index in [4.69, 9.17) is 5.73 Å². The van der Waals surface area contributed by atoms with E-state index in [1.54, 1.807) is 18.6 Å². The normalized spacial score (nSPS) is 19.5. The van der Waals surface area contributed by atoms with Crippen molar-refractivity contribution in [2.24, 2.45) is 11.7 Å². The summed E-state index contributed by atoms with van der Waals surface area (Å²) in [6, 6.07) is 3.98. The predicted molar refractivity (Wildman–Crippen MR) is 97.5 cm³/mol. The molecule has 2 unspecified atom stereocenters. The predicted octanol–water partition coefficient (Wildman–Crippen LogP) is 2.91. The first kappa shape index (κ1) is 19.8. The van der Waals surface area contributed by atoms with Crippen molar-refractivity contribution in [3.63, 3.8) is 0 Å². The first-order valence-corrected chi connectivity index (χ1v) is 7.96. The summed E-state index contributed by atoms with van der Waals surface area (Å²) in [6.07, 6.45) is 8.34. The zero-order chi connectivity index (χ0) is 14.7. The summed E-state index contributed by atoms with van der Waals surface area (Å²) in [5, 5.41) is 3.94. The smallest absolute Gasteiger partial charge is 0.263 e. The van der Waals surface area contributed by atoms with E-state index in [0.29, 0.717) is 17.3 Å². The lowest BCUT2D eigenvalue weighted by Crippen LogP contribution is -2.39. The van der Waals surface area contributed by atoms with Gasteiger partial charge in [-0.2, -0.15) is 0 Å². The largest absolute Gasteiger partial charge is 0.348 e. The van der Waals surface area contributed by atoms with Crippen LogP contribution in [-0.2, 0) is 0 Å². The first-order valence-electron chi connectivity index (χ1n) is 7.15. The Balaban J connectivity index is 0.00000132. The number of carbonyl (C=O) groups is 1. The van der Waals surface area contributed by atoms with Crippen LogP contribution in [0.25, 0.3) is 10.6 Å². The number of hydrogen-bond acceptors (Lipinski definition) is 5. The van der Waals surface area contributed by atoms with E-state index in [1.165, 1.54) is 11.3 Å². The summed E-state index contributed by atoms with van der Waals surface area (Å²) in [6.45, 7) is 0.635. The molecule has 0 spiro atoms. The lowest BCUT2D eigenvalue weighted by molar-refractivity contribution is 0.0932. The number of thiazole rings is 1. The van der Waals surface area contributed by atoms with E-state index in [2.05, 4.69) is 15.3 Å². The minimum Gasteiger partial charge on any atom is -0.348 e. The molecule has 2 aromatic rings. The molecule has 0 bridgehead atoms. The average molecular weight is 375 g/mol. The van der Waals surface area contributed by atoms with Crippen molar-refractivity contribution in [1.82, 2.24) is 15.3 Å². The van der Waals surface area contributed by atoms with Crippen molar-refractivity contribution in [1.29, 1.82) is 0 Å². The van der Waals surface area contributed by atoms with Crippen molar-refractivity contribution >= 4 is 42.1 Å². The Bertz CT molecular complexity index is 623. The Labute approximate surface area is 151 Å². The second-order valence-corrected chi connectivity index (χ2v) is 6.30. The third kappa shape index (κ3) is 4.64. The maximum Gasteiger partial charge on any atom is 0.263 e. The van der Waals surface area contributed by atoms with Gasteiger partial charge in [-0.3, -0.25) is 9.78 Å². The molecule has 126 valence electrons. The fourth-order valence-corrected chi connectivity index (χ4v) is 3.58. The molecule has 1 aliphatic rings. The van der Waals surface area contributed by atoms with Crippen molar-refractivity contribution in [2.45, 2.75) is 25.3 Å². The maximum absolute atomic E-state index is 12.3. The Morgan fingerprint density at radius 2 is 2.04 bits per heavy atom. The molecule has 0 aromatic carbocycles. The molecule has 2 aromatic heterocycles. The third-order valence-electron chi connectivity index (χ3n) is 3.94. The summed E-state index contributed by atoms with van der Waals surface area (Å²) in [5.74, 6) is 0.361. The highest BCUT2D eigenvalue weighted by Gasteiger charge is 2.28. The zero-order valence-corrected chi connectivity index (χ0v) is 14.9. The molecular weight excluding hydrogens is 355 g/mol. The van der Waals surface area contributed by atoms with Gasteiger partial charge in [-0.05, 0) is 37.4 Å². The molecule has 2 atom stereocenters. The van der Waals surface area contributed by atoms with Gasteiger partial charge in [0, 0.05) is 24.0 Å². The monoisotopic (exact) mass is 374 g/mol. The van der Waals surface area contributed by atoms with Crippen LogP contribution in [0, 0.1) is 5.92 Å². The number of amides is 1. The number of rotatable bonds is 4. The van der Waals surface area contributed by atoms with Crippen molar-refractivity contribution in [3.05, 3.63) is 35.6 Å². The molecule has 1 fully saturated rings. The second kappa shape index (κ2) is 9.17. The molecule has 23 heavy (non-hydrogen) atoms. The number of aromatic nitrogens is 2. The minimum absolute atomic E-state index is 0. The van der Waals surface area contributed by atoms with E-state index in [0.717, 1.165) is 29.8 Å². The minimum atomic E-state index is -0.0434. The number of halogens is 2. The number of carbonyl (C=O) groups excluding carboxylic acids is 1. The number of pyridine rings is 1. The van der Waals surface area contributed by atoms with Crippen molar-refractivity contribution in [2.75, 3.05) is 6.54 Å². The highest BCUT2D eigenvalue weighted by Crippen LogP contribution is 2.27. The van der Waals surface area contributed by atoms with Crippen LogP contribution in [0.3, 0.4) is 0 Å². The van der Waals surface area contributed by atoms with E-state index in [-0.39, 0.29) is 36.8 Å². The standard InChI is InChI=1S/C15H18N4OS.2ClH/c16-8-11-2-1-3-12(11)19-14(20)13-9-18-15(21-13)10-4-6-17-7-5-10;;/h4-7,9,11-12H,1-3,8,16H2,(H,19,20);2*1H. The maximum atomic E-state index is 12.3. The first-order chi connectivity index (χ1) is 10.3. The van der Waals surface area contributed by atoms with Crippen LogP contribution in [0.1, 0.15) is 28.9 Å². The van der Waals surface area contributed by atoms with Gasteiger partial charge in [0.05, 0.1) is 6.20 Å². The number of nitrogens with two attached hydrogens (primary N) is 1. The molecule has 1 amide bonds. The van der Waals surface area contributed by atoms with Crippen LogP contribution in [0.2, 0.25) is 0 Å². The molecule has 0 radical (unpaired) electrons. The van der Waals surface area contributed by atoms with Crippen LogP contribution >= 0.6 is 36.2 Å². The summed E-state index contributed by atoms with van der Waals surface area (Å²) in [5.41, 5.74) is 6.73. The number of hydrogen-bond donors (Lipinski definition) is 2. The molecule has 3 N–H and O–H groups in total. The van der Waals surface area contributed by atoms with E-state index < -0.39 is 0 Å². The summed E-state index contributed by atoms with van der Waals surface area (Å²) < 4.78 is 0. The van der Waals surface area contributed by atoms with Gasteiger partial charge in [-0.1, -0.05) is 6.42 Å². The van der Waals surface area contributed by atoms with Gasteiger partial charge in [-0.25, -0.2) is 4.98 Å². The molecular formula is C15H20Cl2N4OS. The number of nitrogens with zero attached hydrogens (tertiary/aromatic N) is 2. The van der Waals surface area contributed by atoms with Gasteiger partial charge >= 0.3 is 0 Å². The van der Waals surface area contributed by atoms with Crippen molar-refractivity contribution < 1.29 is 4.79 Å². The molecule has 5 nitrogen and oxygen atoms in total. The Morgan fingerprint density at radius 3 is 2.74 bits per heavy atom. The zero-order valence-electron chi connectivity index (χ0n) is 12.5. The van der Waals surface area contributed by atoms with Crippen LogP contribution in [0.5, 0.6) is 0 Å². The molecule has 1 saturated carbocycles. The van der Waals surface area contributed by atoms with Crippen LogP contribution < -0.4 is 11.1 Å². The average Bonchev–Trinajstić information content (AvgIpc) is 3.17. The highest BCUT2D eigenvalue weighted by atomic mass is 35.5. The van der Waals surface area contributed by atoms with Gasteiger partial charge in [0.2, 0.25) is 0 Å². The topological polar surface area (TPSA) is 80.9 Å². The van der Waals surface area contributed by atoms with Crippen LogP contribution in [0.15, 0.2) is 30.7 Å². The SMILES string of the molecule is Cl.Cl.NCC1CCCC1NC(=O)c1cnc(-c2ccncc2)s1. The third-order valence-corrected chi connectivity index (χ3v) is 4.98. The lowest BCUT2D eigenvalue weighted by atomic mass is 10.0. The molecule has 8 heteroatoms. The summed E-state index contributed by atoms with van der Waals surface area (Å²) in [4.78, 5) is 21.3. The van der Waals surface area contributed by atoms with E-state index in [9.17, 15) is 4.79 Å². The second-order valence-electron chi connectivity index (χ2n) is 5.27. The molecule has 0 aliphatic heterocycles. The Hall–Kier alpha value is -1.21. The van der Waals surface area contributed by atoms with Gasteiger partial charge in [0.1, 0.15) is 9.88 Å². The Kier molecular flexibility index (Phi) is 7.91. The van der Waals surface area contributed by atoms with Gasteiger partial charge in [-0.15, -0.1) is 36.2 Å². The molecule has 0 saturated heterocycles. The quantitative estimate of drug-likeness (QED) is 0.861. The van der Waals surface area contributed by atoms with E-state index >= 15 is 0 Å². The van der Waals surface area contributed by atoms with E-state index in [1.807, 2.05) is 12.1 Å². The van der Waals surface area contributed by atoms with Gasteiger partial charge in [0.15, 0.2) is 0 Å². The molecule has 1 aliphatic carbocycles. The van der Waals surface area contributed by atoms with Gasteiger partial charge in [0.25, 0.3) is 5.91 Å². The van der Waals surface area contributed by atoms with Crippen LogP contribution in [-0.4, -0.2) is 28.5 Å². The van der Waals surface area contributed by atoms with Crippen LogP contribution in [0.4, 0.5) is 0 Å². The fraction of sp³-hybridized carbons (Fsp3) is 0.400. The highest BCUT2D eigenvalue weighted by molar-refractivity contribution is 7.16. The lowest BCUT2D eigenvalue weighted by Gasteiger charge is -2.18. The van der Waals surface area contributed by atoms with Gasteiger partial charge < -0.3 is 11.1 Å². The fourth-order valence-electron chi connectivity index (χ4n) is 2.76. The van der Waals surface area contributed by atoms with Crippen molar-refractivity contribution in [3.8, 4) is 10.6 Å². The summed E-state index contributed by atoms with van der Waals surface area (Å²) >= 11 is 1.40. The molecule has 2 heterocycles.